The molecule has 98 valence electrons. The molecule has 0 bridgehead atoms. The molecule has 0 aliphatic rings. The van der Waals surface area contributed by atoms with Crippen LogP contribution >= 0.6 is 0 Å². The van der Waals surface area contributed by atoms with Gasteiger partial charge in [0.15, 0.2) is 5.84 Å². The van der Waals surface area contributed by atoms with E-state index < -0.39 is 0 Å². The summed E-state index contributed by atoms with van der Waals surface area (Å²) in [7, 11) is 1.77. The van der Waals surface area contributed by atoms with Crippen molar-refractivity contribution in [1.29, 1.82) is 0 Å². The first kappa shape index (κ1) is 14.0. The number of nitrogens with two attached hydrogens (primary N) is 1. The van der Waals surface area contributed by atoms with Crippen LogP contribution in [0.3, 0.4) is 0 Å². The summed E-state index contributed by atoms with van der Waals surface area (Å²) < 4.78 is 0. The number of carbonyl (C=O) groups is 1. The van der Waals surface area contributed by atoms with Crippen molar-refractivity contribution in [3.05, 3.63) is 35.4 Å². The first-order valence-electron chi connectivity index (χ1n) is 5.93. The summed E-state index contributed by atoms with van der Waals surface area (Å²) in [4.78, 5) is 13.8. The maximum Gasteiger partial charge on any atom is 0.253 e. The van der Waals surface area contributed by atoms with E-state index in [0.717, 1.165) is 19.4 Å². The summed E-state index contributed by atoms with van der Waals surface area (Å²) in [5, 5.41) is 11.5. The summed E-state index contributed by atoms with van der Waals surface area (Å²) in [5.41, 5.74) is 6.57. The zero-order valence-electron chi connectivity index (χ0n) is 10.8. The Morgan fingerprint density at radius 3 is 2.72 bits per heavy atom. The van der Waals surface area contributed by atoms with Gasteiger partial charge in [-0.05, 0) is 18.6 Å². The van der Waals surface area contributed by atoms with Crippen LogP contribution in [0, 0.1) is 0 Å². The van der Waals surface area contributed by atoms with Crippen LogP contribution < -0.4 is 5.73 Å². The Morgan fingerprint density at radius 2 is 2.11 bits per heavy atom. The molecule has 0 aliphatic heterocycles. The Bertz CT molecular complexity index is 444. The molecule has 1 aromatic carbocycles. The Balaban J connectivity index is 2.86. The molecule has 0 radical (unpaired) electrons. The van der Waals surface area contributed by atoms with E-state index in [1.54, 1.807) is 36.2 Å². The normalized spacial score (nSPS) is 11.3. The lowest BCUT2D eigenvalue weighted by Crippen LogP contribution is -2.28. The number of nitrogens with zero attached hydrogens (tertiary/aromatic N) is 2. The first-order chi connectivity index (χ1) is 8.60. The molecule has 5 nitrogen and oxygen atoms in total. The van der Waals surface area contributed by atoms with Gasteiger partial charge in [-0.2, -0.15) is 0 Å². The van der Waals surface area contributed by atoms with E-state index in [1.165, 1.54) is 0 Å². The largest absolute Gasteiger partial charge is 0.409 e. The van der Waals surface area contributed by atoms with Crippen LogP contribution in [0.15, 0.2) is 29.4 Å². The highest BCUT2D eigenvalue weighted by molar-refractivity contribution is 6.01. The van der Waals surface area contributed by atoms with Gasteiger partial charge in [-0.15, -0.1) is 0 Å². The van der Waals surface area contributed by atoms with E-state index in [-0.39, 0.29) is 11.7 Å². The van der Waals surface area contributed by atoms with Crippen molar-refractivity contribution in [2.75, 3.05) is 13.6 Å². The van der Waals surface area contributed by atoms with Gasteiger partial charge in [0.1, 0.15) is 0 Å². The van der Waals surface area contributed by atoms with Gasteiger partial charge < -0.3 is 15.8 Å². The average Bonchev–Trinajstić information content (AvgIpc) is 2.43. The van der Waals surface area contributed by atoms with Crippen LogP contribution in [-0.4, -0.2) is 35.4 Å². The van der Waals surface area contributed by atoms with Crippen LogP contribution in [0.25, 0.3) is 0 Å². The van der Waals surface area contributed by atoms with Crippen molar-refractivity contribution in [3.8, 4) is 0 Å². The first-order valence-corrected chi connectivity index (χ1v) is 5.93. The third-order valence-electron chi connectivity index (χ3n) is 2.71. The standard InChI is InChI=1S/C13H19N3O2/c1-3-4-8-16(2)13(17)11-7-5-6-10(9-11)12(14)15-18/h5-7,9,18H,3-4,8H2,1-2H3,(H2,14,15). The molecule has 0 atom stereocenters. The van der Waals surface area contributed by atoms with E-state index in [9.17, 15) is 4.79 Å². The molecule has 0 aromatic heterocycles. The number of rotatable bonds is 5. The molecule has 0 aliphatic carbocycles. The van der Waals surface area contributed by atoms with Gasteiger partial charge in [0.05, 0.1) is 0 Å². The van der Waals surface area contributed by atoms with Crippen LogP contribution in [0.2, 0.25) is 0 Å². The minimum atomic E-state index is -0.0592. The van der Waals surface area contributed by atoms with Crippen molar-refractivity contribution in [3.63, 3.8) is 0 Å². The van der Waals surface area contributed by atoms with Gasteiger partial charge in [0.2, 0.25) is 0 Å². The molecular weight excluding hydrogens is 230 g/mol. The fraction of sp³-hybridized carbons (Fsp3) is 0.385. The van der Waals surface area contributed by atoms with Crippen molar-refractivity contribution >= 4 is 11.7 Å². The van der Waals surface area contributed by atoms with Crippen LogP contribution in [0.4, 0.5) is 0 Å². The Labute approximate surface area is 107 Å². The Hall–Kier alpha value is -2.04. The summed E-state index contributed by atoms with van der Waals surface area (Å²) in [6.45, 7) is 2.81. The lowest BCUT2D eigenvalue weighted by molar-refractivity contribution is 0.0793. The third kappa shape index (κ3) is 3.48. The SMILES string of the molecule is CCCCN(C)C(=O)c1cccc(/C(N)=N/O)c1. The maximum atomic E-state index is 12.1. The summed E-state index contributed by atoms with van der Waals surface area (Å²) >= 11 is 0. The number of hydrogen-bond acceptors (Lipinski definition) is 3. The number of hydrogen-bond donors (Lipinski definition) is 2. The van der Waals surface area contributed by atoms with Crippen molar-refractivity contribution < 1.29 is 10.0 Å². The molecular formula is C13H19N3O2. The average molecular weight is 249 g/mol. The van der Waals surface area contributed by atoms with Gasteiger partial charge in [-0.1, -0.05) is 30.6 Å². The molecule has 1 amide bonds. The number of amides is 1. The molecule has 0 spiro atoms. The predicted molar refractivity (Wildman–Crippen MR) is 70.8 cm³/mol. The minimum Gasteiger partial charge on any atom is -0.409 e. The number of amidine groups is 1. The molecule has 18 heavy (non-hydrogen) atoms. The van der Waals surface area contributed by atoms with Crippen molar-refractivity contribution in [2.24, 2.45) is 10.9 Å². The smallest absolute Gasteiger partial charge is 0.253 e. The van der Waals surface area contributed by atoms with E-state index in [2.05, 4.69) is 12.1 Å². The van der Waals surface area contributed by atoms with E-state index in [1.807, 2.05) is 0 Å². The number of benzene rings is 1. The van der Waals surface area contributed by atoms with Crippen LogP contribution in [-0.2, 0) is 0 Å². The van der Waals surface area contributed by atoms with E-state index in [0.29, 0.717) is 11.1 Å². The van der Waals surface area contributed by atoms with Gasteiger partial charge >= 0.3 is 0 Å². The zero-order valence-corrected chi connectivity index (χ0v) is 10.8. The topological polar surface area (TPSA) is 78.9 Å². The van der Waals surface area contributed by atoms with E-state index >= 15 is 0 Å². The second-order valence-corrected chi connectivity index (χ2v) is 4.15. The van der Waals surface area contributed by atoms with Crippen molar-refractivity contribution in [2.45, 2.75) is 19.8 Å². The lowest BCUT2D eigenvalue weighted by Gasteiger charge is -2.17. The monoisotopic (exact) mass is 249 g/mol. The van der Waals surface area contributed by atoms with Crippen molar-refractivity contribution in [1.82, 2.24) is 4.90 Å². The number of unbranched alkanes of at least 4 members (excludes halogenated alkanes) is 1. The highest BCUT2D eigenvalue weighted by Crippen LogP contribution is 2.08. The molecule has 0 saturated carbocycles. The zero-order chi connectivity index (χ0) is 13.5. The predicted octanol–water partition coefficient (Wildman–Crippen LogP) is 1.65. The summed E-state index contributed by atoms with van der Waals surface area (Å²) in [6, 6.07) is 6.75. The van der Waals surface area contributed by atoms with Gasteiger partial charge in [-0.25, -0.2) is 0 Å². The summed E-state index contributed by atoms with van der Waals surface area (Å²) in [5.74, 6) is -0.0584. The highest BCUT2D eigenvalue weighted by Gasteiger charge is 2.12. The van der Waals surface area contributed by atoms with Gasteiger partial charge in [0, 0.05) is 24.7 Å². The second kappa shape index (κ2) is 6.64. The fourth-order valence-electron chi connectivity index (χ4n) is 1.59. The van der Waals surface area contributed by atoms with Crippen LogP contribution in [0.1, 0.15) is 35.7 Å². The molecule has 5 heteroatoms. The quantitative estimate of drug-likeness (QED) is 0.360. The second-order valence-electron chi connectivity index (χ2n) is 4.15. The molecule has 3 N–H and O–H groups in total. The Morgan fingerprint density at radius 1 is 1.44 bits per heavy atom. The number of oxime groups is 1. The van der Waals surface area contributed by atoms with Crippen LogP contribution in [0.5, 0.6) is 0 Å². The highest BCUT2D eigenvalue weighted by atomic mass is 16.4. The molecule has 1 rings (SSSR count). The minimum absolute atomic E-state index is 0.000797. The maximum absolute atomic E-state index is 12.1. The van der Waals surface area contributed by atoms with Gasteiger partial charge in [0.25, 0.3) is 5.91 Å². The molecule has 0 saturated heterocycles. The van der Waals surface area contributed by atoms with Gasteiger partial charge in [-0.3, -0.25) is 4.79 Å². The molecule has 0 unspecified atom stereocenters. The lowest BCUT2D eigenvalue weighted by atomic mass is 10.1. The third-order valence-corrected chi connectivity index (χ3v) is 2.71. The number of carbonyl (C=O) groups excluding carboxylic acids is 1. The summed E-state index contributed by atoms with van der Waals surface area (Å²) in [6.07, 6.45) is 2.02. The van der Waals surface area contributed by atoms with E-state index in [4.69, 9.17) is 10.9 Å². The molecule has 0 heterocycles. The molecule has 1 aromatic rings. The fourth-order valence-corrected chi connectivity index (χ4v) is 1.59. The molecule has 0 fully saturated rings. The Kier molecular flexibility index (Phi) is 5.17.